The minimum Gasteiger partial charge on any atom is -0.480 e. The molecule has 28 heavy (non-hydrogen) atoms. The van der Waals surface area contributed by atoms with E-state index < -0.39 is 48.1 Å². The number of rotatable bonds is 11. The highest BCUT2D eigenvalue weighted by Gasteiger charge is 2.28. The first-order valence-corrected chi connectivity index (χ1v) is 10.5. The number of carboxylic acids is 1. The molecule has 0 aromatic heterocycles. The molecule has 4 N–H and O–H groups in total. The van der Waals surface area contributed by atoms with Crippen molar-refractivity contribution >= 4 is 35.6 Å². The molecule has 0 aliphatic carbocycles. The number of amides is 3. The average molecular weight is 420 g/mol. The fourth-order valence-electron chi connectivity index (χ4n) is 2.22. The quantitative estimate of drug-likeness (QED) is 0.397. The summed E-state index contributed by atoms with van der Waals surface area (Å²) in [4.78, 5) is 47.7. The summed E-state index contributed by atoms with van der Waals surface area (Å²) in [6.07, 6.45) is 1.85. The van der Waals surface area contributed by atoms with Crippen molar-refractivity contribution in [3.05, 3.63) is 0 Å². The fraction of sp³-hybridized carbons (Fsp3) is 0.778. The van der Waals surface area contributed by atoms with Gasteiger partial charge in [0.2, 0.25) is 11.8 Å². The lowest BCUT2D eigenvalue weighted by Gasteiger charge is -2.25. The zero-order chi connectivity index (χ0) is 21.9. The molecule has 0 fully saturated rings. The number of carboxylic acid groups (broad SMARTS) is 1. The lowest BCUT2D eigenvalue weighted by Crippen LogP contribution is -2.55. The number of carbonyl (C=O) groups is 4. The van der Waals surface area contributed by atoms with E-state index in [4.69, 9.17) is 9.84 Å². The third-order valence-corrected chi connectivity index (χ3v) is 4.02. The van der Waals surface area contributed by atoms with Gasteiger partial charge in [0.1, 0.15) is 24.2 Å². The van der Waals surface area contributed by atoms with Gasteiger partial charge in [-0.3, -0.25) is 14.4 Å². The van der Waals surface area contributed by atoms with Crippen molar-refractivity contribution in [1.29, 1.82) is 0 Å². The zero-order valence-corrected chi connectivity index (χ0v) is 18.3. The minimum atomic E-state index is -1.17. The number of carbonyl (C=O) groups excluding carboxylic acids is 3. The molecule has 2 atom stereocenters. The molecule has 10 heteroatoms. The van der Waals surface area contributed by atoms with E-state index >= 15 is 0 Å². The van der Waals surface area contributed by atoms with Crippen molar-refractivity contribution in [2.45, 2.75) is 65.1 Å². The summed E-state index contributed by atoms with van der Waals surface area (Å²) in [7, 11) is 0. The molecular formula is C18H33N3O6S. The number of aliphatic carboxylic acids is 1. The Morgan fingerprint density at radius 3 is 2.11 bits per heavy atom. The molecule has 0 aromatic rings. The van der Waals surface area contributed by atoms with Crippen LogP contribution in [0.4, 0.5) is 4.79 Å². The van der Waals surface area contributed by atoms with E-state index in [1.807, 2.05) is 20.1 Å². The van der Waals surface area contributed by atoms with Crippen LogP contribution in [0.2, 0.25) is 0 Å². The second-order valence-electron chi connectivity index (χ2n) is 7.78. The van der Waals surface area contributed by atoms with E-state index in [2.05, 4.69) is 16.0 Å². The van der Waals surface area contributed by atoms with Gasteiger partial charge in [0.15, 0.2) is 0 Å². The molecule has 9 nitrogen and oxygen atoms in total. The van der Waals surface area contributed by atoms with Crippen LogP contribution in [0.25, 0.3) is 0 Å². The first-order chi connectivity index (χ1) is 12.9. The SMILES string of the molecule is CSCCC(NC(=O)OC(C)(C)C)C(=O)NC(CC(C)C)C(=O)NCC(=O)O. The third-order valence-electron chi connectivity index (χ3n) is 3.37. The van der Waals surface area contributed by atoms with E-state index in [9.17, 15) is 19.2 Å². The van der Waals surface area contributed by atoms with Gasteiger partial charge in [-0.05, 0) is 51.5 Å². The first-order valence-electron chi connectivity index (χ1n) is 9.14. The van der Waals surface area contributed by atoms with E-state index in [1.54, 1.807) is 20.8 Å². The minimum absolute atomic E-state index is 0.0874. The third kappa shape index (κ3) is 12.4. The van der Waals surface area contributed by atoms with Crippen LogP contribution >= 0.6 is 11.8 Å². The highest BCUT2D eigenvalue weighted by atomic mass is 32.2. The maximum Gasteiger partial charge on any atom is 0.408 e. The molecule has 0 aromatic carbocycles. The second kappa shape index (κ2) is 12.5. The maximum absolute atomic E-state index is 12.7. The van der Waals surface area contributed by atoms with E-state index in [1.165, 1.54) is 11.8 Å². The van der Waals surface area contributed by atoms with E-state index in [-0.39, 0.29) is 5.92 Å². The van der Waals surface area contributed by atoms with Gasteiger partial charge in [-0.15, -0.1) is 0 Å². The van der Waals surface area contributed by atoms with Gasteiger partial charge in [0, 0.05) is 0 Å². The number of alkyl carbamates (subject to hydrolysis) is 1. The Labute approximate surface area is 170 Å². The molecule has 0 aliphatic heterocycles. The molecule has 0 saturated heterocycles. The molecule has 3 amide bonds. The summed E-state index contributed by atoms with van der Waals surface area (Å²) in [5, 5.41) is 16.2. The monoisotopic (exact) mass is 419 g/mol. The normalized spacial score (nSPS) is 13.4. The smallest absolute Gasteiger partial charge is 0.408 e. The van der Waals surface area contributed by atoms with Crippen LogP contribution in [0, 0.1) is 5.92 Å². The van der Waals surface area contributed by atoms with Crippen LogP contribution in [0.3, 0.4) is 0 Å². The number of ether oxygens (including phenoxy) is 1. The predicted octanol–water partition coefficient (Wildman–Crippen LogP) is 1.36. The zero-order valence-electron chi connectivity index (χ0n) is 17.5. The number of hydrogen-bond donors (Lipinski definition) is 4. The summed E-state index contributed by atoms with van der Waals surface area (Å²) < 4.78 is 5.20. The predicted molar refractivity (Wildman–Crippen MR) is 108 cm³/mol. The molecule has 0 spiro atoms. The van der Waals surface area contributed by atoms with Crippen molar-refractivity contribution in [3.63, 3.8) is 0 Å². The summed E-state index contributed by atoms with van der Waals surface area (Å²) in [5.41, 5.74) is -0.707. The van der Waals surface area contributed by atoms with E-state index in [0.29, 0.717) is 18.6 Å². The van der Waals surface area contributed by atoms with Crippen molar-refractivity contribution in [2.24, 2.45) is 5.92 Å². The second-order valence-corrected chi connectivity index (χ2v) is 8.77. The summed E-state index contributed by atoms with van der Waals surface area (Å²) in [5.74, 6) is -1.56. The van der Waals surface area contributed by atoms with E-state index in [0.717, 1.165) is 0 Å². The van der Waals surface area contributed by atoms with Crippen molar-refractivity contribution in [2.75, 3.05) is 18.6 Å². The lowest BCUT2D eigenvalue weighted by atomic mass is 10.0. The standard InChI is InChI=1S/C18H33N3O6S/c1-11(2)9-13(15(24)19-10-14(22)23)20-16(25)12(7-8-28-6)21-17(26)27-18(3,4)5/h11-13H,7-10H2,1-6H3,(H,19,24)(H,20,25)(H,21,26)(H,22,23). The number of nitrogens with one attached hydrogen (secondary N) is 3. The van der Waals surface area contributed by atoms with Crippen LogP contribution in [0.5, 0.6) is 0 Å². The number of thioether (sulfide) groups is 1. The topological polar surface area (TPSA) is 134 Å². The molecule has 0 rings (SSSR count). The van der Waals surface area contributed by atoms with Crippen LogP contribution in [0.15, 0.2) is 0 Å². The Kier molecular flexibility index (Phi) is 11.6. The van der Waals surface area contributed by atoms with Gasteiger partial charge in [-0.2, -0.15) is 11.8 Å². The Hall–Kier alpha value is -1.97. The molecule has 0 bridgehead atoms. The van der Waals surface area contributed by atoms with Gasteiger partial charge in [-0.25, -0.2) is 4.79 Å². The van der Waals surface area contributed by atoms with Gasteiger partial charge in [0.05, 0.1) is 0 Å². The Bertz CT molecular complexity index is 548. The molecule has 162 valence electrons. The molecule has 0 aliphatic rings. The van der Waals surface area contributed by atoms with Crippen LogP contribution in [-0.4, -0.2) is 65.2 Å². The molecular weight excluding hydrogens is 386 g/mol. The highest BCUT2D eigenvalue weighted by molar-refractivity contribution is 7.98. The van der Waals surface area contributed by atoms with Crippen molar-refractivity contribution in [1.82, 2.24) is 16.0 Å². The molecule has 0 saturated carbocycles. The molecule has 0 radical (unpaired) electrons. The average Bonchev–Trinajstić information content (AvgIpc) is 2.53. The largest absolute Gasteiger partial charge is 0.480 e. The summed E-state index contributed by atoms with van der Waals surface area (Å²) in [6, 6.07) is -1.77. The van der Waals surface area contributed by atoms with Crippen molar-refractivity contribution in [3.8, 4) is 0 Å². The summed E-state index contributed by atoms with van der Waals surface area (Å²) in [6.45, 7) is 8.38. The Morgan fingerprint density at radius 1 is 1.04 bits per heavy atom. The van der Waals surface area contributed by atoms with Gasteiger partial charge < -0.3 is 25.8 Å². The Morgan fingerprint density at radius 2 is 1.64 bits per heavy atom. The maximum atomic E-state index is 12.7. The summed E-state index contributed by atoms with van der Waals surface area (Å²) >= 11 is 1.52. The number of hydrogen-bond acceptors (Lipinski definition) is 6. The van der Waals surface area contributed by atoms with Crippen molar-refractivity contribution < 1.29 is 29.0 Å². The van der Waals surface area contributed by atoms with Crippen LogP contribution < -0.4 is 16.0 Å². The van der Waals surface area contributed by atoms with Crippen LogP contribution in [0.1, 0.15) is 47.5 Å². The fourth-order valence-corrected chi connectivity index (χ4v) is 2.69. The van der Waals surface area contributed by atoms with Gasteiger partial charge in [0.25, 0.3) is 0 Å². The molecule has 0 heterocycles. The Balaban J connectivity index is 5.14. The van der Waals surface area contributed by atoms with Gasteiger partial charge >= 0.3 is 12.1 Å². The first kappa shape index (κ1) is 26.0. The van der Waals surface area contributed by atoms with Crippen LogP contribution in [-0.2, 0) is 19.1 Å². The lowest BCUT2D eigenvalue weighted by molar-refractivity contribution is -0.138. The highest BCUT2D eigenvalue weighted by Crippen LogP contribution is 2.10. The van der Waals surface area contributed by atoms with Gasteiger partial charge in [-0.1, -0.05) is 13.8 Å². The molecule has 2 unspecified atom stereocenters.